The molecule has 0 amide bonds. The Balaban J connectivity index is 2.06. The molecule has 0 saturated carbocycles. The van der Waals surface area contributed by atoms with E-state index in [0.717, 1.165) is 5.56 Å². The molecule has 24 heavy (non-hydrogen) atoms. The predicted molar refractivity (Wildman–Crippen MR) is 99.4 cm³/mol. The minimum Gasteiger partial charge on any atom is -0.506 e. The zero-order valence-corrected chi connectivity index (χ0v) is 14.7. The highest BCUT2D eigenvalue weighted by Gasteiger charge is 2.13. The molecule has 3 N–H and O–H groups in total. The molecule has 0 spiro atoms. The van der Waals surface area contributed by atoms with E-state index in [1.807, 2.05) is 30.3 Å². The molecule has 2 aromatic rings. The summed E-state index contributed by atoms with van der Waals surface area (Å²) in [6.07, 6.45) is 1.21. The molecule has 2 aromatic carbocycles. The number of non-ortho nitro benzene ring substituents is 1. The average molecular weight is 409 g/mol. The summed E-state index contributed by atoms with van der Waals surface area (Å²) < 4.78 is 0.202. The van der Waals surface area contributed by atoms with E-state index in [1.165, 1.54) is 30.1 Å². The zero-order chi connectivity index (χ0) is 17.5. The van der Waals surface area contributed by atoms with Gasteiger partial charge < -0.3 is 10.8 Å². The van der Waals surface area contributed by atoms with E-state index < -0.39 is 4.92 Å². The van der Waals surface area contributed by atoms with Crippen LogP contribution in [0.2, 0.25) is 0 Å². The van der Waals surface area contributed by atoms with Crippen LogP contribution in [0.25, 0.3) is 0 Å². The summed E-state index contributed by atoms with van der Waals surface area (Å²) in [4.78, 5) is 10.3. The molecule has 0 aliphatic heterocycles. The van der Waals surface area contributed by atoms with Gasteiger partial charge in [0, 0.05) is 23.4 Å². The maximum atomic E-state index is 10.8. The number of nitro benzene ring substituents is 1. The Bertz CT molecular complexity index is 797. The molecular weight excluding hydrogens is 396 g/mol. The summed E-state index contributed by atoms with van der Waals surface area (Å²) in [5, 5.41) is 28.5. The van der Waals surface area contributed by atoms with Gasteiger partial charge in [0.15, 0.2) is 5.17 Å². The lowest BCUT2D eigenvalue weighted by molar-refractivity contribution is -0.385. The number of phenols is 1. The van der Waals surface area contributed by atoms with Crippen molar-refractivity contribution < 1.29 is 10.0 Å². The molecule has 9 heteroatoms. The number of benzene rings is 2. The van der Waals surface area contributed by atoms with Gasteiger partial charge in [-0.1, -0.05) is 42.1 Å². The quantitative estimate of drug-likeness (QED) is 0.339. The SMILES string of the molecule is NC(=NN=Cc1cc([N+](=O)[O-])cc(Br)c1O)SCc1ccccc1. The highest BCUT2D eigenvalue weighted by atomic mass is 79.9. The Kier molecular flexibility index (Phi) is 6.33. The van der Waals surface area contributed by atoms with Crippen LogP contribution in [0.3, 0.4) is 0 Å². The van der Waals surface area contributed by atoms with Crippen molar-refractivity contribution in [3.8, 4) is 5.75 Å². The van der Waals surface area contributed by atoms with Gasteiger partial charge >= 0.3 is 0 Å². The summed E-state index contributed by atoms with van der Waals surface area (Å²) in [6.45, 7) is 0. The van der Waals surface area contributed by atoms with E-state index in [9.17, 15) is 15.2 Å². The standard InChI is InChI=1S/C15H13BrN4O3S/c16-13-7-12(20(22)23)6-11(14(13)21)8-18-19-15(17)24-9-10-4-2-1-3-5-10/h1-8,21H,9H2,(H2,17,19). The molecule has 0 radical (unpaired) electrons. The van der Waals surface area contributed by atoms with E-state index in [1.54, 1.807) is 0 Å². The van der Waals surface area contributed by atoms with Crippen LogP contribution in [0.15, 0.2) is 57.1 Å². The van der Waals surface area contributed by atoms with Crippen molar-refractivity contribution in [3.63, 3.8) is 0 Å². The van der Waals surface area contributed by atoms with Crippen LogP contribution < -0.4 is 5.73 Å². The first-order valence-corrected chi connectivity index (χ1v) is 8.45. The van der Waals surface area contributed by atoms with E-state index in [-0.39, 0.29) is 26.6 Å². The van der Waals surface area contributed by atoms with E-state index in [2.05, 4.69) is 26.1 Å². The van der Waals surface area contributed by atoms with Crippen molar-refractivity contribution in [1.82, 2.24) is 0 Å². The maximum Gasteiger partial charge on any atom is 0.271 e. The molecule has 7 nitrogen and oxygen atoms in total. The fraction of sp³-hybridized carbons (Fsp3) is 0.0667. The van der Waals surface area contributed by atoms with Gasteiger partial charge in [0.2, 0.25) is 0 Å². The Labute approximate surface area is 150 Å². The van der Waals surface area contributed by atoms with E-state index >= 15 is 0 Å². The molecule has 0 heterocycles. The van der Waals surface area contributed by atoms with Gasteiger partial charge in [0.05, 0.1) is 15.6 Å². The third-order valence-electron chi connectivity index (χ3n) is 2.87. The minimum absolute atomic E-state index is 0.157. The summed E-state index contributed by atoms with van der Waals surface area (Å²) in [6, 6.07) is 12.2. The van der Waals surface area contributed by atoms with Crippen LogP contribution >= 0.6 is 27.7 Å². The van der Waals surface area contributed by atoms with Gasteiger partial charge in [-0.15, -0.1) is 5.10 Å². The highest BCUT2D eigenvalue weighted by molar-refractivity contribution is 9.10. The second kappa shape index (κ2) is 8.46. The molecule has 0 fully saturated rings. The normalized spacial score (nSPS) is 11.8. The number of nitro groups is 1. The minimum atomic E-state index is -0.561. The Hall–Kier alpha value is -2.39. The second-order valence-electron chi connectivity index (χ2n) is 4.58. The Morgan fingerprint density at radius 3 is 2.75 bits per heavy atom. The lowest BCUT2D eigenvalue weighted by atomic mass is 10.2. The molecule has 0 unspecified atom stereocenters. The number of rotatable bonds is 5. The number of aromatic hydroxyl groups is 1. The van der Waals surface area contributed by atoms with E-state index in [4.69, 9.17) is 5.73 Å². The number of halogens is 1. The Morgan fingerprint density at radius 2 is 2.08 bits per heavy atom. The smallest absolute Gasteiger partial charge is 0.271 e. The van der Waals surface area contributed by atoms with Gasteiger partial charge in [-0.2, -0.15) is 5.10 Å². The molecule has 0 aliphatic rings. The molecule has 0 saturated heterocycles. The lowest BCUT2D eigenvalue weighted by Gasteiger charge is -2.01. The molecular formula is C15H13BrN4O3S. The van der Waals surface area contributed by atoms with Crippen LogP contribution in [0.4, 0.5) is 5.69 Å². The van der Waals surface area contributed by atoms with E-state index in [0.29, 0.717) is 5.75 Å². The van der Waals surface area contributed by atoms with Crippen molar-refractivity contribution in [3.05, 3.63) is 68.2 Å². The van der Waals surface area contributed by atoms with Gasteiger partial charge in [-0.25, -0.2) is 0 Å². The first-order chi connectivity index (χ1) is 11.5. The van der Waals surface area contributed by atoms with Gasteiger partial charge in [0.1, 0.15) is 5.75 Å². The van der Waals surface area contributed by atoms with Crippen LogP contribution in [-0.2, 0) is 5.75 Å². The first kappa shape index (κ1) is 18.0. The predicted octanol–water partition coefficient (Wildman–Crippen LogP) is 3.64. The third-order valence-corrected chi connectivity index (χ3v) is 4.33. The number of hydrogen-bond donors (Lipinski definition) is 2. The largest absolute Gasteiger partial charge is 0.506 e. The average Bonchev–Trinajstić information content (AvgIpc) is 2.57. The number of thioether (sulfide) groups is 1. The van der Waals surface area contributed by atoms with Crippen LogP contribution in [0.1, 0.15) is 11.1 Å². The summed E-state index contributed by atoms with van der Waals surface area (Å²) >= 11 is 4.37. The van der Waals surface area contributed by atoms with Gasteiger partial charge in [0.25, 0.3) is 5.69 Å². The summed E-state index contributed by atoms with van der Waals surface area (Å²) in [5.41, 5.74) is 6.85. The van der Waals surface area contributed by atoms with Crippen molar-refractivity contribution in [1.29, 1.82) is 0 Å². The van der Waals surface area contributed by atoms with Gasteiger partial charge in [-0.05, 0) is 21.5 Å². The molecule has 0 aliphatic carbocycles. The van der Waals surface area contributed by atoms with Crippen molar-refractivity contribution in [2.24, 2.45) is 15.9 Å². The van der Waals surface area contributed by atoms with Crippen molar-refractivity contribution >= 4 is 44.8 Å². The zero-order valence-electron chi connectivity index (χ0n) is 12.3. The molecule has 0 aromatic heterocycles. The van der Waals surface area contributed by atoms with Crippen molar-refractivity contribution in [2.75, 3.05) is 0 Å². The Morgan fingerprint density at radius 1 is 1.38 bits per heavy atom. The summed E-state index contributed by atoms with van der Waals surface area (Å²) in [7, 11) is 0. The number of phenolic OH excluding ortho intramolecular Hbond substituents is 1. The lowest BCUT2D eigenvalue weighted by Crippen LogP contribution is -2.06. The number of hydrogen-bond acceptors (Lipinski definition) is 6. The number of amidine groups is 1. The van der Waals surface area contributed by atoms with Crippen LogP contribution in [0.5, 0.6) is 5.75 Å². The summed E-state index contributed by atoms with van der Waals surface area (Å²) in [5.74, 6) is 0.495. The molecule has 124 valence electrons. The van der Waals surface area contributed by atoms with Crippen LogP contribution in [0, 0.1) is 10.1 Å². The maximum absolute atomic E-state index is 10.8. The molecule has 2 rings (SSSR count). The van der Waals surface area contributed by atoms with Crippen LogP contribution in [-0.4, -0.2) is 21.4 Å². The highest BCUT2D eigenvalue weighted by Crippen LogP contribution is 2.31. The fourth-order valence-corrected chi connectivity index (χ4v) is 2.79. The monoisotopic (exact) mass is 408 g/mol. The fourth-order valence-electron chi connectivity index (χ4n) is 1.72. The van der Waals surface area contributed by atoms with Gasteiger partial charge in [-0.3, -0.25) is 10.1 Å². The first-order valence-electron chi connectivity index (χ1n) is 6.67. The van der Waals surface area contributed by atoms with Crippen molar-refractivity contribution in [2.45, 2.75) is 5.75 Å². The molecule has 0 bridgehead atoms. The third kappa shape index (κ3) is 5.07. The topological polar surface area (TPSA) is 114 Å². The number of nitrogens with zero attached hydrogens (tertiary/aromatic N) is 3. The number of nitrogens with two attached hydrogens (primary N) is 1. The molecule has 0 atom stereocenters. The second-order valence-corrected chi connectivity index (χ2v) is 6.43.